The summed E-state index contributed by atoms with van der Waals surface area (Å²) in [6.07, 6.45) is -2.80. The summed E-state index contributed by atoms with van der Waals surface area (Å²) >= 11 is 8.25. The van der Waals surface area contributed by atoms with Crippen LogP contribution in [-0.2, 0) is 12.7 Å². The van der Waals surface area contributed by atoms with E-state index in [2.05, 4.69) is 57.6 Å². The highest BCUT2D eigenvalue weighted by molar-refractivity contribution is 9.10. The van der Waals surface area contributed by atoms with Crippen LogP contribution < -0.4 is 10.6 Å². The fourth-order valence-corrected chi connectivity index (χ4v) is 3.39. The van der Waals surface area contributed by atoms with E-state index in [1.165, 1.54) is 10.2 Å². The number of rotatable bonds is 7. The highest BCUT2D eigenvalue weighted by Crippen LogP contribution is 2.35. The van der Waals surface area contributed by atoms with Crippen LogP contribution in [0.1, 0.15) is 49.6 Å². The van der Waals surface area contributed by atoms with Crippen molar-refractivity contribution in [3.63, 3.8) is 0 Å². The van der Waals surface area contributed by atoms with Crippen molar-refractivity contribution in [2.75, 3.05) is 11.9 Å². The molecule has 1 atom stereocenters. The second-order valence-electron chi connectivity index (χ2n) is 6.63. The van der Waals surface area contributed by atoms with Gasteiger partial charge >= 0.3 is 6.18 Å². The molecule has 0 fully saturated rings. The number of aromatic nitrogens is 2. The number of aryl methyl sites for hydroxylation is 1. The molecule has 1 heterocycles. The van der Waals surface area contributed by atoms with E-state index < -0.39 is 11.9 Å². The summed E-state index contributed by atoms with van der Waals surface area (Å²) in [6.45, 7) is 6.83. The summed E-state index contributed by atoms with van der Waals surface area (Å²) in [5.74, 6) is 0.516. The minimum atomic E-state index is -4.47. The van der Waals surface area contributed by atoms with Crippen molar-refractivity contribution < 1.29 is 13.2 Å². The Morgan fingerprint density at radius 1 is 1.29 bits per heavy atom. The van der Waals surface area contributed by atoms with Gasteiger partial charge in [-0.1, -0.05) is 26.0 Å². The van der Waals surface area contributed by atoms with Crippen molar-refractivity contribution in [3.05, 3.63) is 45.7 Å². The number of anilines is 1. The van der Waals surface area contributed by atoms with Crippen LogP contribution in [0.15, 0.2) is 28.7 Å². The first-order chi connectivity index (χ1) is 13.1. The van der Waals surface area contributed by atoms with Crippen LogP contribution in [0.25, 0.3) is 0 Å². The molecule has 1 unspecified atom stereocenters. The van der Waals surface area contributed by atoms with Gasteiger partial charge in [0, 0.05) is 18.8 Å². The molecular formula is C19H24BrF3N4S. The van der Waals surface area contributed by atoms with Crippen molar-refractivity contribution in [2.45, 2.75) is 52.3 Å². The Kier molecular flexibility index (Phi) is 7.88. The van der Waals surface area contributed by atoms with E-state index in [1.807, 2.05) is 12.1 Å². The lowest BCUT2D eigenvalue weighted by molar-refractivity contribution is -0.142. The SMILES string of the molecule is CCC(C)c1ccc(NC(=S)NCCCn2nc(C(F)(F)F)c(Br)c2C)cc1. The molecular weight excluding hydrogens is 453 g/mol. The Balaban J connectivity index is 1.80. The fraction of sp³-hybridized carbons (Fsp3) is 0.474. The van der Waals surface area contributed by atoms with Crippen molar-refractivity contribution in [3.8, 4) is 0 Å². The third-order valence-corrected chi connectivity index (χ3v) is 5.78. The summed E-state index contributed by atoms with van der Waals surface area (Å²) < 4.78 is 40.0. The molecule has 0 aliphatic heterocycles. The van der Waals surface area contributed by atoms with Crippen LogP contribution >= 0.6 is 28.1 Å². The molecule has 0 saturated heterocycles. The molecule has 4 nitrogen and oxygen atoms in total. The van der Waals surface area contributed by atoms with Gasteiger partial charge in [-0.05, 0) is 71.5 Å². The average Bonchev–Trinajstić information content (AvgIpc) is 2.94. The maximum atomic E-state index is 12.9. The predicted molar refractivity (Wildman–Crippen MR) is 114 cm³/mol. The Hall–Kier alpha value is -1.61. The third-order valence-electron chi connectivity index (χ3n) is 4.58. The Morgan fingerprint density at radius 3 is 2.46 bits per heavy atom. The van der Waals surface area contributed by atoms with Gasteiger partial charge < -0.3 is 10.6 Å². The van der Waals surface area contributed by atoms with Crippen molar-refractivity contribution >= 4 is 38.9 Å². The monoisotopic (exact) mass is 476 g/mol. The molecule has 0 aliphatic rings. The normalized spacial score (nSPS) is 12.7. The highest BCUT2D eigenvalue weighted by Gasteiger charge is 2.37. The number of benzene rings is 1. The van der Waals surface area contributed by atoms with Gasteiger partial charge in [-0.3, -0.25) is 4.68 Å². The first-order valence-corrected chi connectivity index (χ1v) is 10.3. The van der Waals surface area contributed by atoms with Gasteiger partial charge in [0.1, 0.15) is 0 Å². The van der Waals surface area contributed by atoms with E-state index in [9.17, 15) is 13.2 Å². The number of alkyl halides is 3. The summed E-state index contributed by atoms with van der Waals surface area (Å²) in [5.41, 5.74) is 1.74. The number of nitrogens with one attached hydrogen (secondary N) is 2. The third kappa shape index (κ3) is 5.94. The molecule has 154 valence electrons. The first-order valence-electron chi connectivity index (χ1n) is 9.08. The molecule has 0 aliphatic carbocycles. The lowest BCUT2D eigenvalue weighted by Gasteiger charge is -2.13. The van der Waals surface area contributed by atoms with Crippen LogP contribution in [0.5, 0.6) is 0 Å². The van der Waals surface area contributed by atoms with E-state index in [0.29, 0.717) is 36.2 Å². The minimum absolute atomic E-state index is 0.00835. The van der Waals surface area contributed by atoms with Crippen LogP contribution in [0.4, 0.5) is 18.9 Å². The zero-order valence-corrected chi connectivity index (χ0v) is 18.4. The fourth-order valence-electron chi connectivity index (χ4n) is 2.66. The van der Waals surface area contributed by atoms with Crippen molar-refractivity contribution in [1.82, 2.24) is 15.1 Å². The first kappa shape index (κ1) is 22.7. The maximum absolute atomic E-state index is 12.9. The zero-order chi connectivity index (χ0) is 20.9. The Bertz CT molecular complexity index is 803. The second-order valence-corrected chi connectivity index (χ2v) is 7.84. The van der Waals surface area contributed by atoms with Gasteiger partial charge in [-0.15, -0.1) is 0 Å². The van der Waals surface area contributed by atoms with Gasteiger partial charge in [0.15, 0.2) is 10.8 Å². The Labute approximate surface area is 177 Å². The van der Waals surface area contributed by atoms with Gasteiger partial charge in [0.2, 0.25) is 0 Å². The average molecular weight is 477 g/mol. The molecule has 1 aromatic carbocycles. The number of nitrogens with zero attached hydrogens (tertiary/aromatic N) is 2. The molecule has 2 aromatic rings. The van der Waals surface area contributed by atoms with Crippen LogP contribution in [0.2, 0.25) is 0 Å². The maximum Gasteiger partial charge on any atom is 0.436 e. The van der Waals surface area contributed by atoms with Gasteiger partial charge in [0.05, 0.1) is 10.2 Å². The molecule has 2 rings (SSSR count). The van der Waals surface area contributed by atoms with Crippen molar-refractivity contribution in [2.24, 2.45) is 0 Å². The number of hydrogen-bond donors (Lipinski definition) is 2. The molecule has 0 spiro atoms. The molecule has 0 bridgehead atoms. The van der Waals surface area contributed by atoms with Crippen molar-refractivity contribution in [1.29, 1.82) is 0 Å². The van der Waals surface area contributed by atoms with Gasteiger partial charge in [0.25, 0.3) is 0 Å². The minimum Gasteiger partial charge on any atom is -0.362 e. The van der Waals surface area contributed by atoms with E-state index in [4.69, 9.17) is 12.2 Å². The predicted octanol–water partition coefficient (Wildman–Crippen LogP) is 5.86. The van der Waals surface area contributed by atoms with Gasteiger partial charge in [-0.25, -0.2) is 0 Å². The molecule has 2 N–H and O–H groups in total. The molecule has 28 heavy (non-hydrogen) atoms. The lowest BCUT2D eigenvalue weighted by Crippen LogP contribution is -2.29. The molecule has 0 amide bonds. The lowest BCUT2D eigenvalue weighted by atomic mass is 9.99. The van der Waals surface area contributed by atoms with E-state index in [1.54, 1.807) is 6.92 Å². The number of thiocarbonyl (C=S) groups is 1. The smallest absolute Gasteiger partial charge is 0.362 e. The number of halogens is 4. The van der Waals surface area contributed by atoms with E-state index >= 15 is 0 Å². The van der Waals surface area contributed by atoms with Crippen LogP contribution in [0, 0.1) is 6.92 Å². The standard InChI is InChI=1S/C19H24BrF3N4S/c1-4-12(2)14-6-8-15(9-7-14)25-18(28)24-10-5-11-27-13(3)16(20)17(26-27)19(21,22)23/h6-9,12H,4-5,10-11H2,1-3H3,(H2,24,25,28). The topological polar surface area (TPSA) is 41.9 Å². The van der Waals surface area contributed by atoms with Crippen LogP contribution in [-0.4, -0.2) is 21.4 Å². The zero-order valence-electron chi connectivity index (χ0n) is 16.0. The van der Waals surface area contributed by atoms with E-state index in [-0.39, 0.29) is 4.47 Å². The Morgan fingerprint density at radius 2 is 1.93 bits per heavy atom. The summed E-state index contributed by atoms with van der Waals surface area (Å²) in [7, 11) is 0. The van der Waals surface area contributed by atoms with Crippen LogP contribution in [0.3, 0.4) is 0 Å². The molecule has 9 heteroatoms. The summed E-state index contributed by atoms with van der Waals surface area (Å²) in [6, 6.07) is 8.13. The largest absolute Gasteiger partial charge is 0.436 e. The summed E-state index contributed by atoms with van der Waals surface area (Å²) in [4.78, 5) is 0. The second kappa shape index (κ2) is 9.73. The quantitative estimate of drug-likeness (QED) is 0.387. The summed E-state index contributed by atoms with van der Waals surface area (Å²) in [5, 5.41) is 10.3. The molecule has 0 radical (unpaired) electrons. The molecule has 0 saturated carbocycles. The van der Waals surface area contributed by atoms with E-state index in [0.717, 1.165) is 12.1 Å². The van der Waals surface area contributed by atoms with Gasteiger partial charge in [-0.2, -0.15) is 18.3 Å². The molecule has 1 aromatic heterocycles. The highest BCUT2D eigenvalue weighted by atomic mass is 79.9. The number of hydrogen-bond acceptors (Lipinski definition) is 2.